The second-order valence-corrected chi connectivity index (χ2v) is 6.91. The number of hydrogen-bond donors (Lipinski definition) is 1. The van der Waals surface area contributed by atoms with Crippen LogP contribution in [0.25, 0.3) is 11.3 Å². The van der Waals surface area contributed by atoms with Crippen LogP contribution < -0.4 is 0 Å². The highest BCUT2D eigenvalue weighted by atomic mass is 79.9. The Labute approximate surface area is 132 Å². The number of rotatable bonds is 4. The zero-order valence-electron chi connectivity index (χ0n) is 10.9. The molecule has 21 heavy (non-hydrogen) atoms. The van der Waals surface area contributed by atoms with E-state index >= 15 is 0 Å². The van der Waals surface area contributed by atoms with Crippen LogP contribution in [0.3, 0.4) is 0 Å². The molecule has 1 N–H and O–H groups in total. The van der Waals surface area contributed by atoms with E-state index in [9.17, 15) is 9.90 Å². The summed E-state index contributed by atoms with van der Waals surface area (Å²) in [6.45, 7) is 0.459. The number of thiophene rings is 1. The molecule has 3 heterocycles. The van der Waals surface area contributed by atoms with E-state index < -0.39 is 5.97 Å². The minimum atomic E-state index is -1.10. The van der Waals surface area contributed by atoms with Crippen LogP contribution in [-0.4, -0.2) is 35.9 Å². The maximum Gasteiger partial charge on any atom is 0.358 e. The van der Waals surface area contributed by atoms with Gasteiger partial charge in [-0.2, -0.15) is 5.10 Å². The lowest BCUT2D eigenvalue weighted by Crippen LogP contribution is -2.05. The number of aromatic nitrogens is 5. The van der Waals surface area contributed by atoms with Crippen molar-refractivity contribution in [2.24, 2.45) is 7.05 Å². The fraction of sp³-hybridized carbons (Fsp3) is 0.167. The Kier molecular flexibility index (Phi) is 3.60. The molecular weight excluding hydrogens is 358 g/mol. The number of carboxylic acids is 1. The zero-order chi connectivity index (χ0) is 15.0. The van der Waals surface area contributed by atoms with Gasteiger partial charge in [-0.3, -0.25) is 4.68 Å². The van der Waals surface area contributed by atoms with Crippen molar-refractivity contribution in [2.75, 3.05) is 0 Å². The van der Waals surface area contributed by atoms with Crippen molar-refractivity contribution in [3.8, 4) is 11.3 Å². The average Bonchev–Trinajstić information content (AvgIpc) is 3.10. The Bertz CT molecular complexity index is 806. The van der Waals surface area contributed by atoms with E-state index in [4.69, 9.17) is 0 Å². The van der Waals surface area contributed by atoms with Crippen LogP contribution in [0.15, 0.2) is 28.3 Å². The molecule has 0 spiro atoms. The predicted molar refractivity (Wildman–Crippen MR) is 80.3 cm³/mol. The second kappa shape index (κ2) is 5.41. The molecule has 0 radical (unpaired) electrons. The summed E-state index contributed by atoms with van der Waals surface area (Å²) in [7, 11) is 1.77. The van der Waals surface area contributed by atoms with Crippen molar-refractivity contribution in [1.82, 2.24) is 24.8 Å². The van der Waals surface area contributed by atoms with E-state index in [2.05, 4.69) is 31.3 Å². The highest BCUT2D eigenvalue weighted by molar-refractivity contribution is 9.11. The lowest BCUT2D eigenvalue weighted by atomic mass is 10.2. The molecule has 0 saturated heterocycles. The number of halogens is 1. The first-order chi connectivity index (χ1) is 10.0. The zero-order valence-corrected chi connectivity index (χ0v) is 13.3. The van der Waals surface area contributed by atoms with Gasteiger partial charge < -0.3 is 5.11 Å². The fourth-order valence-electron chi connectivity index (χ4n) is 1.98. The van der Waals surface area contributed by atoms with Gasteiger partial charge in [0.05, 0.1) is 16.5 Å². The Morgan fingerprint density at radius 3 is 2.86 bits per heavy atom. The van der Waals surface area contributed by atoms with Gasteiger partial charge >= 0.3 is 5.97 Å². The van der Waals surface area contributed by atoms with E-state index in [0.29, 0.717) is 17.8 Å². The van der Waals surface area contributed by atoms with Crippen LogP contribution in [0.2, 0.25) is 0 Å². The number of aryl methyl sites for hydroxylation is 1. The Morgan fingerprint density at radius 1 is 1.48 bits per heavy atom. The SMILES string of the molecule is Cn1cc(-c2c(C(=O)O)nnn2Cc2ccc(Br)s2)cn1. The summed E-state index contributed by atoms with van der Waals surface area (Å²) in [5.41, 5.74) is 1.06. The molecule has 108 valence electrons. The second-order valence-electron chi connectivity index (χ2n) is 4.36. The van der Waals surface area contributed by atoms with Crippen LogP contribution in [0.4, 0.5) is 0 Å². The van der Waals surface area contributed by atoms with Crippen molar-refractivity contribution in [1.29, 1.82) is 0 Å². The number of hydrogen-bond acceptors (Lipinski definition) is 5. The molecule has 0 aromatic carbocycles. The van der Waals surface area contributed by atoms with Gasteiger partial charge in [-0.1, -0.05) is 5.21 Å². The molecule has 0 unspecified atom stereocenters. The fourth-order valence-corrected chi connectivity index (χ4v) is 3.45. The summed E-state index contributed by atoms with van der Waals surface area (Å²) in [4.78, 5) is 12.4. The Morgan fingerprint density at radius 2 is 2.29 bits per heavy atom. The van der Waals surface area contributed by atoms with Gasteiger partial charge in [0.25, 0.3) is 0 Å². The van der Waals surface area contributed by atoms with Crippen LogP contribution in [-0.2, 0) is 13.6 Å². The van der Waals surface area contributed by atoms with Crippen molar-refractivity contribution >= 4 is 33.2 Å². The third-order valence-electron chi connectivity index (χ3n) is 2.85. The van der Waals surface area contributed by atoms with Gasteiger partial charge in [0, 0.05) is 23.7 Å². The largest absolute Gasteiger partial charge is 0.476 e. The van der Waals surface area contributed by atoms with E-state index in [1.54, 1.807) is 40.1 Å². The first-order valence-corrected chi connectivity index (χ1v) is 7.55. The summed E-state index contributed by atoms with van der Waals surface area (Å²) in [6.07, 6.45) is 3.35. The Hall–Kier alpha value is -2.00. The molecular formula is C12H10BrN5O2S. The molecule has 0 aliphatic heterocycles. The third kappa shape index (κ3) is 2.74. The van der Waals surface area contributed by atoms with E-state index in [1.807, 2.05) is 12.1 Å². The Balaban J connectivity index is 2.06. The number of aromatic carboxylic acids is 1. The van der Waals surface area contributed by atoms with Gasteiger partial charge in [0.1, 0.15) is 5.69 Å². The third-order valence-corrected chi connectivity index (χ3v) is 4.46. The average molecular weight is 368 g/mol. The number of carboxylic acid groups (broad SMARTS) is 1. The molecule has 0 fully saturated rings. The smallest absolute Gasteiger partial charge is 0.358 e. The standard InChI is InChI=1S/C12H10BrN5O2S/c1-17-5-7(4-14-17)11-10(12(19)20)15-16-18(11)6-8-2-3-9(13)21-8/h2-5H,6H2,1H3,(H,19,20). The van der Waals surface area contributed by atoms with Gasteiger partial charge in [-0.15, -0.1) is 16.4 Å². The molecule has 3 aromatic rings. The van der Waals surface area contributed by atoms with Crippen molar-refractivity contribution < 1.29 is 9.90 Å². The van der Waals surface area contributed by atoms with Crippen LogP contribution in [0.1, 0.15) is 15.4 Å². The molecule has 3 aromatic heterocycles. The predicted octanol–water partition coefficient (Wildman–Crippen LogP) is 2.25. The van der Waals surface area contributed by atoms with Crippen LogP contribution in [0.5, 0.6) is 0 Å². The summed E-state index contributed by atoms with van der Waals surface area (Å²) in [5, 5.41) is 21.1. The van der Waals surface area contributed by atoms with Gasteiger partial charge in [-0.05, 0) is 28.1 Å². The first-order valence-electron chi connectivity index (χ1n) is 5.94. The molecule has 0 atom stereocenters. The number of nitrogens with zero attached hydrogens (tertiary/aromatic N) is 5. The highest BCUT2D eigenvalue weighted by Gasteiger charge is 2.22. The van der Waals surface area contributed by atoms with E-state index in [1.165, 1.54) is 0 Å². The molecule has 0 bridgehead atoms. The molecule has 0 aliphatic rings. The minimum Gasteiger partial charge on any atom is -0.476 e. The summed E-state index contributed by atoms with van der Waals surface area (Å²) in [6, 6.07) is 3.91. The van der Waals surface area contributed by atoms with Crippen LogP contribution in [0, 0.1) is 0 Å². The number of carbonyl (C=O) groups is 1. The quantitative estimate of drug-likeness (QED) is 0.764. The van der Waals surface area contributed by atoms with Gasteiger partial charge in [0.15, 0.2) is 5.69 Å². The molecule has 3 rings (SSSR count). The molecule has 9 heteroatoms. The van der Waals surface area contributed by atoms with E-state index in [0.717, 1.165) is 8.66 Å². The maximum absolute atomic E-state index is 11.3. The monoisotopic (exact) mass is 367 g/mol. The maximum atomic E-state index is 11.3. The normalized spacial score (nSPS) is 11.0. The highest BCUT2D eigenvalue weighted by Crippen LogP contribution is 2.26. The van der Waals surface area contributed by atoms with Crippen LogP contribution >= 0.6 is 27.3 Å². The van der Waals surface area contributed by atoms with Crippen molar-refractivity contribution in [2.45, 2.75) is 6.54 Å². The molecule has 0 saturated carbocycles. The minimum absolute atomic E-state index is 0.0707. The lowest BCUT2D eigenvalue weighted by Gasteiger charge is -2.03. The van der Waals surface area contributed by atoms with Crippen molar-refractivity contribution in [3.63, 3.8) is 0 Å². The molecule has 0 aliphatic carbocycles. The summed E-state index contributed by atoms with van der Waals surface area (Å²) in [5.74, 6) is -1.10. The van der Waals surface area contributed by atoms with E-state index in [-0.39, 0.29) is 5.69 Å². The first kappa shape index (κ1) is 14.0. The lowest BCUT2D eigenvalue weighted by molar-refractivity contribution is 0.0691. The summed E-state index contributed by atoms with van der Waals surface area (Å²) < 4.78 is 4.21. The van der Waals surface area contributed by atoms with Gasteiger partial charge in [-0.25, -0.2) is 9.48 Å². The van der Waals surface area contributed by atoms with Crippen molar-refractivity contribution in [3.05, 3.63) is 38.9 Å². The topological polar surface area (TPSA) is 85.8 Å². The summed E-state index contributed by atoms with van der Waals surface area (Å²) >= 11 is 4.98. The molecule has 0 amide bonds. The van der Waals surface area contributed by atoms with Gasteiger partial charge in [0.2, 0.25) is 0 Å². The molecule has 7 nitrogen and oxygen atoms in total.